The van der Waals surface area contributed by atoms with Gasteiger partial charge in [0, 0.05) is 25.6 Å². The van der Waals surface area contributed by atoms with Gasteiger partial charge in [-0.15, -0.1) is 0 Å². The minimum atomic E-state index is -0.291. The van der Waals surface area contributed by atoms with Crippen molar-refractivity contribution in [1.82, 2.24) is 15.1 Å². The van der Waals surface area contributed by atoms with E-state index in [9.17, 15) is 14.4 Å². The summed E-state index contributed by atoms with van der Waals surface area (Å²) in [5.74, 6) is 0.0401. The van der Waals surface area contributed by atoms with Gasteiger partial charge in [0.15, 0.2) is 0 Å². The predicted octanol–water partition coefficient (Wildman–Crippen LogP) is 0.719. The molecule has 6 heteroatoms. The van der Waals surface area contributed by atoms with E-state index in [1.807, 2.05) is 4.90 Å². The van der Waals surface area contributed by atoms with Crippen molar-refractivity contribution in [3.63, 3.8) is 0 Å². The van der Waals surface area contributed by atoms with E-state index in [1.165, 1.54) is 4.90 Å². The summed E-state index contributed by atoms with van der Waals surface area (Å²) in [6.45, 7) is 3.46. The Bertz CT molecular complexity index is 359. The summed E-state index contributed by atoms with van der Waals surface area (Å²) in [6, 6.07) is -0.342. The molecule has 0 spiro atoms. The summed E-state index contributed by atoms with van der Waals surface area (Å²) in [5, 5.41) is 2.54. The first kappa shape index (κ1) is 13.8. The summed E-state index contributed by atoms with van der Waals surface area (Å²) < 4.78 is 0. The number of nitrogens with one attached hydrogen (secondary N) is 1. The first-order chi connectivity index (χ1) is 9.13. The normalized spacial score (nSPS) is 20.9. The molecule has 0 radical (unpaired) electrons. The molecule has 2 heterocycles. The van der Waals surface area contributed by atoms with Crippen molar-refractivity contribution in [1.29, 1.82) is 0 Å². The van der Waals surface area contributed by atoms with Crippen molar-refractivity contribution in [3.05, 3.63) is 0 Å². The number of piperidine rings is 1. The minimum absolute atomic E-state index is 0.0507. The highest BCUT2D eigenvalue weighted by atomic mass is 16.2. The summed E-state index contributed by atoms with van der Waals surface area (Å²) in [5.41, 5.74) is 0. The number of hydrogen-bond acceptors (Lipinski definition) is 3. The van der Waals surface area contributed by atoms with Crippen LogP contribution in [-0.4, -0.2) is 53.3 Å². The quantitative estimate of drug-likeness (QED) is 0.763. The molecule has 4 amide bonds. The van der Waals surface area contributed by atoms with E-state index in [2.05, 4.69) is 12.2 Å². The van der Waals surface area contributed by atoms with Crippen LogP contribution < -0.4 is 5.32 Å². The van der Waals surface area contributed by atoms with E-state index >= 15 is 0 Å². The zero-order chi connectivity index (χ0) is 13.8. The molecule has 106 valence electrons. The third kappa shape index (κ3) is 3.05. The van der Waals surface area contributed by atoms with Crippen LogP contribution in [0.25, 0.3) is 0 Å². The molecular formula is C13H21N3O3. The maximum absolute atomic E-state index is 11.9. The number of urea groups is 1. The van der Waals surface area contributed by atoms with Crippen LogP contribution in [0, 0.1) is 0 Å². The number of amides is 4. The third-order valence-electron chi connectivity index (χ3n) is 3.80. The number of imide groups is 1. The van der Waals surface area contributed by atoms with Crippen molar-refractivity contribution in [3.8, 4) is 0 Å². The van der Waals surface area contributed by atoms with Crippen LogP contribution in [0.4, 0.5) is 4.79 Å². The Morgan fingerprint density at radius 2 is 2.00 bits per heavy atom. The Kier molecular flexibility index (Phi) is 4.39. The molecule has 19 heavy (non-hydrogen) atoms. The average Bonchev–Trinajstić information content (AvgIpc) is 2.76. The highest BCUT2D eigenvalue weighted by Gasteiger charge is 2.36. The molecular weight excluding hydrogens is 246 g/mol. The second-order valence-corrected chi connectivity index (χ2v) is 5.14. The van der Waals surface area contributed by atoms with Gasteiger partial charge in [-0.2, -0.15) is 0 Å². The van der Waals surface area contributed by atoms with Gasteiger partial charge >= 0.3 is 6.03 Å². The number of carbonyl (C=O) groups excluding carboxylic acids is 3. The summed E-state index contributed by atoms with van der Waals surface area (Å²) in [4.78, 5) is 38.2. The average molecular weight is 267 g/mol. The molecule has 0 saturated carbocycles. The van der Waals surface area contributed by atoms with Gasteiger partial charge < -0.3 is 10.2 Å². The molecule has 0 aromatic carbocycles. The van der Waals surface area contributed by atoms with E-state index in [0.717, 1.165) is 12.8 Å². The number of hydrogen-bond donors (Lipinski definition) is 1. The fourth-order valence-electron chi connectivity index (χ4n) is 2.66. The van der Waals surface area contributed by atoms with Gasteiger partial charge in [0.1, 0.15) is 0 Å². The molecule has 2 aliphatic rings. The van der Waals surface area contributed by atoms with Crippen LogP contribution in [0.5, 0.6) is 0 Å². The number of nitrogens with zero attached hydrogens (tertiary/aromatic N) is 2. The molecule has 0 aromatic heterocycles. The topological polar surface area (TPSA) is 69.7 Å². The van der Waals surface area contributed by atoms with Crippen molar-refractivity contribution < 1.29 is 14.4 Å². The van der Waals surface area contributed by atoms with Crippen LogP contribution in [0.2, 0.25) is 0 Å². The predicted molar refractivity (Wildman–Crippen MR) is 69.4 cm³/mol. The lowest BCUT2D eigenvalue weighted by atomic mass is 10.0. The molecule has 0 bridgehead atoms. The maximum Gasteiger partial charge on any atom is 0.324 e. The lowest BCUT2D eigenvalue weighted by Gasteiger charge is -2.35. The minimum Gasteiger partial charge on any atom is -0.343 e. The molecule has 0 aromatic rings. The summed E-state index contributed by atoms with van der Waals surface area (Å²) in [7, 11) is 0. The number of rotatable bonds is 4. The highest BCUT2D eigenvalue weighted by Crippen LogP contribution is 2.19. The van der Waals surface area contributed by atoms with Crippen LogP contribution in [-0.2, 0) is 9.59 Å². The van der Waals surface area contributed by atoms with Crippen molar-refractivity contribution in [2.24, 2.45) is 0 Å². The standard InChI is InChI=1S/C13H21N3O3/c1-2-3-4-11(17)15-7-5-10(6-8-15)16-12(18)9-14-13(16)19/h10H,2-9H2,1H3,(H,14,19). The summed E-state index contributed by atoms with van der Waals surface area (Å²) in [6.07, 6.45) is 3.93. The van der Waals surface area contributed by atoms with Gasteiger partial charge in [-0.1, -0.05) is 13.3 Å². The van der Waals surface area contributed by atoms with E-state index in [1.54, 1.807) is 0 Å². The molecule has 0 atom stereocenters. The molecule has 1 N–H and O–H groups in total. The van der Waals surface area contributed by atoms with Crippen LogP contribution in [0.15, 0.2) is 0 Å². The second kappa shape index (κ2) is 6.04. The fraction of sp³-hybridized carbons (Fsp3) is 0.769. The van der Waals surface area contributed by atoms with Crippen LogP contribution >= 0.6 is 0 Å². The van der Waals surface area contributed by atoms with Gasteiger partial charge in [0.05, 0.1) is 6.54 Å². The van der Waals surface area contributed by atoms with E-state index in [4.69, 9.17) is 0 Å². The smallest absolute Gasteiger partial charge is 0.324 e. The Hall–Kier alpha value is -1.59. The second-order valence-electron chi connectivity index (χ2n) is 5.14. The number of carbonyl (C=O) groups is 3. The molecule has 2 saturated heterocycles. The number of unbranched alkanes of at least 4 members (excludes halogenated alkanes) is 1. The van der Waals surface area contributed by atoms with Gasteiger partial charge in [-0.25, -0.2) is 4.79 Å². The van der Waals surface area contributed by atoms with Crippen molar-refractivity contribution in [2.75, 3.05) is 19.6 Å². The first-order valence-electron chi connectivity index (χ1n) is 7.01. The van der Waals surface area contributed by atoms with E-state index in [-0.39, 0.29) is 30.4 Å². The largest absolute Gasteiger partial charge is 0.343 e. The Morgan fingerprint density at radius 1 is 1.32 bits per heavy atom. The van der Waals surface area contributed by atoms with Crippen molar-refractivity contribution >= 4 is 17.8 Å². The van der Waals surface area contributed by atoms with Crippen LogP contribution in [0.3, 0.4) is 0 Å². The van der Waals surface area contributed by atoms with Gasteiger partial charge in [-0.05, 0) is 19.3 Å². The van der Waals surface area contributed by atoms with E-state index in [0.29, 0.717) is 32.4 Å². The molecule has 0 aliphatic carbocycles. The van der Waals surface area contributed by atoms with Gasteiger partial charge in [0.2, 0.25) is 11.8 Å². The molecule has 6 nitrogen and oxygen atoms in total. The number of likely N-dealkylation sites (tertiary alicyclic amines) is 1. The molecule has 2 fully saturated rings. The molecule has 0 unspecified atom stereocenters. The van der Waals surface area contributed by atoms with Gasteiger partial charge in [-0.3, -0.25) is 14.5 Å². The SMILES string of the molecule is CCCCC(=O)N1CCC(N2C(=O)CNC2=O)CC1. The zero-order valence-electron chi connectivity index (χ0n) is 11.4. The monoisotopic (exact) mass is 267 g/mol. The summed E-state index contributed by atoms with van der Waals surface area (Å²) >= 11 is 0. The Balaban J connectivity index is 1.84. The van der Waals surface area contributed by atoms with Gasteiger partial charge in [0.25, 0.3) is 0 Å². The maximum atomic E-state index is 11.9. The van der Waals surface area contributed by atoms with Crippen molar-refractivity contribution in [2.45, 2.75) is 45.1 Å². The Morgan fingerprint density at radius 3 is 2.53 bits per heavy atom. The lowest BCUT2D eigenvalue weighted by Crippen LogP contribution is -2.49. The Labute approximate surface area is 113 Å². The fourth-order valence-corrected chi connectivity index (χ4v) is 2.66. The zero-order valence-corrected chi connectivity index (χ0v) is 11.4. The molecule has 2 aliphatic heterocycles. The highest BCUT2D eigenvalue weighted by molar-refractivity contribution is 6.02. The van der Waals surface area contributed by atoms with Crippen LogP contribution in [0.1, 0.15) is 39.0 Å². The molecule has 2 rings (SSSR count). The lowest BCUT2D eigenvalue weighted by molar-refractivity contribution is -0.133. The third-order valence-corrected chi connectivity index (χ3v) is 3.80. The first-order valence-corrected chi connectivity index (χ1v) is 7.01. The van der Waals surface area contributed by atoms with E-state index < -0.39 is 0 Å².